The summed E-state index contributed by atoms with van der Waals surface area (Å²) in [6.07, 6.45) is 3.59. The zero-order chi connectivity index (χ0) is 18.5. The van der Waals surface area contributed by atoms with Crippen LogP contribution in [-0.2, 0) is 18.4 Å². The Balaban J connectivity index is 1.69. The third-order valence-corrected chi connectivity index (χ3v) is 4.35. The van der Waals surface area contributed by atoms with E-state index in [2.05, 4.69) is 35.5 Å². The number of nitrogens with one attached hydrogen (secondary N) is 1. The topological polar surface area (TPSA) is 65.8 Å². The maximum absolute atomic E-state index is 12.6. The lowest BCUT2D eigenvalue weighted by Gasteiger charge is -2.35. The molecular formula is C19H26N6O. The van der Waals surface area contributed by atoms with Gasteiger partial charge in [-0.15, -0.1) is 0 Å². The molecule has 0 saturated carbocycles. The predicted molar refractivity (Wildman–Crippen MR) is 103 cm³/mol. The fraction of sp³-hybridized carbons (Fsp3) is 0.421. The van der Waals surface area contributed by atoms with Gasteiger partial charge in [-0.25, -0.2) is 4.99 Å². The number of carbonyl (C=O) groups is 1. The number of aliphatic imine (C=N–C) groups is 1. The minimum atomic E-state index is 0.0606. The van der Waals surface area contributed by atoms with E-state index in [1.807, 2.05) is 31.1 Å². The number of hydrogen-bond donors (Lipinski definition) is 1. The molecule has 0 bridgehead atoms. The van der Waals surface area contributed by atoms with Gasteiger partial charge >= 0.3 is 0 Å². The number of aryl methyl sites for hydroxylation is 2. The average Bonchev–Trinajstić information content (AvgIpc) is 3.04. The Kier molecular flexibility index (Phi) is 5.55. The van der Waals surface area contributed by atoms with Crippen LogP contribution in [0.4, 0.5) is 5.69 Å². The molecule has 26 heavy (non-hydrogen) atoms. The van der Waals surface area contributed by atoms with Gasteiger partial charge < -0.3 is 15.1 Å². The van der Waals surface area contributed by atoms with Crippen molar-refractivity contribution in [1.29, 1.82) is 0 Å². The maximum atomic E-state index is 12.6. The van der Waals surface area contributed by atoms with Gasteiger partial charge in [-0.3, -0.25) is 9.48 Å². The van der Waals surface area contributed by atoms with Gasteiger partial charge in [0.05, 0.1) is 18.4 Å². The fourth-order valence-electron chi connectivity index (χ4n) is 3.08. The Morgan fingerprint density at radius 3 is 2.85 bits per heavy atom. The van der Waals surface area contributed by atoms with E-state index in [4.69, 9.17) is 4.99 Å². The summed E-state index contributed by atoms with van der Waals surface area (Å²) in [5.41, 5.74) is 3.24. The molecule has 0 aliphatic carbocycles. The zero-order valence-electron chi connectivity index (χ0n) is 15.6. The highest BCUT2D eigenvalue weighted by molar-refractivity contribution is 5.98. The van der Waals surface area contributed by atoms with E-state index in [1.54, 1.807) is 15.8 Å². The van der Waals surface area contributed by atoms with Crippen LogP contribution >= 0.6 is 0 Å². The normalized spacial score (nSPS) is 15.5. The second-order valence-electron chi connectivity index (χ2n) is 6.50. The van der Waals surface area contributed by atoms with Gasteiger partial charge in [-0.1, -0.05) is 29.8 Å². The molecule has 0 atom stereocenters. The van der Waals surface area contributed by atoms with E-state index in [1.165, 1.54) is 11.1 Å². The predicted octanol–water partition coefficient (Wildman–Crippen LogP) is 1.54. The maximum Gasteiger partial charge on any atom is 0.246 e. The lowest BCUT2D eigenvalue weighted by atomic mass is 10.1. The van der Waals surface area contributed by atoms with E-state index < -0.39 is 0 Å². The van der Waals surface area contributed by atoms with Crippen LogP contribution in [0.25, 0.3) is 0 Å². The first-order valence-corrected chi connectivity index (χ1v) is 8.94. The lowest BCUT2D eigenvalue weighted by Crippen LogP contribution is -2.55. The Morgan fingerprint density at radius 2 is 2.19 bits per heavy atom. The van der Waals surface area contributed by atoms with E-state index in [-0.39, 0.29) is 5.91 Å². The molecule has 1 aliphatic heterocycles. The Bertz CT molecular complexity index is 797. The van der Waals surface area contributed by atoms with Gasteiger partial charge in [0.25, 0.3) is 0 Å². The number of carbonyl (C=O) groups excluding carboxylic acids is 1. The second-order valence-corrected chi connectivity index (χ2v) is 6.50. The summed E-state index contributed by atoms with van der Waals surface area (Å²) in [5, 5.41) is 7.46. The first kappa shape index (κ1) is 18.0. The number of anilines is 1. The quantitative estimate of drug-likeness (QED) is 0.668. The summed E-state index contributed by atoms with van der Waals surface area (Å²) in [4.78, 5) is 21.1. The van der Waals surface area contributed by atoms with Crippen molar-refractivity contribution in [3.05, 3.63) is 47.8 Å². The summed E-state index contributed by atoms with van der Waals surface area (Å²) >= 11 is 0. The van der Waals surface area contributed by atoms with Crippen LogP contribution < -0.4 is 10.2 Å². The number of benzene rings is 1. The molecule has 1 N–H and O–H groups in total. The minimum absolute atomic E-state index is 0.0606. The fourth-order valence-corrected chi connectivity index (χ4v) is 3.08. The SMILES string of the molecule is CCNC(=NCc1cccc(C)c1)N1CCN(c2cnn(C)c2)C(=O)C1. The van der Waals surface area contributed by atoms with Crippen molar-refractivity contribution in [1.82, 2.24) is 20.0 Å². The van der Waals surface area contributed by atoms with Crippen LogP contribution in [0, 0.1) is 6.92 Å². The first-order chi connectivity index (χ1) is 12.6. The van der Waals surface area contributed by atoms with Crippen LogP contribution in [0.5, 0.6) is 0 Å². The Morgan fingerprint density at radius 1 is 1.35 bits per heavy atom. The summed E-state index contributed by atoms with van der Waals surface area (Å²) in [7, 11) is 1.85. The smallest absolute Gasteiger partial charge is 0.246 e. The van der Waals surface area contributed by atoms with Crippen molar-refractivity contribution >= 4 is 17.6 Å². The lowest BCUT2D eigenvalue weighted by molar-refractivity contribution is -0.120. The number of hydrogen-bond acceptors (Lipinski definition) is 3. The summed E-state index contributed by atoms with van der Waals surface area (Å²) in [6.45, 7) is 7.16. The summed E-state index contributed by atoms with van der Waals surface area (Å²) in [6, 6.07) is 8.34. The number of piperazine rings is 1. The van der Waals surface area contributed by atoms with Crippen LogP contribution in [0.3, 0.4) is 0 Å². The van der Waals surface area contributed by atoms with Crippen molar-refractivity contribution < 1.29 is 4.79 Å². The number of amides is 1. The summed E-state index contributed by atoms with van der Waals surface area (Å²) in [5.74, 6) is 0.846. The molecule has 1 fully saturated rings. The minimum Gasteiger partial charge on any atom is -0.356 e. The van der Waals surface area contributed by atoms with Gasteiger partial charge in [0.15, 0.2) is 5.96 Å². The average molecular weight is 354 g/mol. The highest BCUT2D eigenvalue weighted by Gasteiger charge is 2.27. The molecule has 7 nitrogen and oxygen atoms in total. The highest BCUT2D eigenvalue weighted by atomic mass is 16.2. The molecule has 138 valence electrons. The Labute approximate surface area is 154 Å². The molecule has 2 aromatic rings. The zero-order valence-corrected chi connectivity index (χ0v) is 15.6. The number of rotatable bonds is 4. The van der Waals surface area contributed by atoms with Crippen molar-refractivity contribution in [2.45, 2.75) is 20.4 Å². The molecule has 1 aromatic heterocycles. The number of nitrogens with zero attached hydrogens (tertiary/aromatic N) is 5. The highest BCUT2D eigenvalue weighted by Crippen LogP contribution is 2.16. The van der Waals surface area contributed by atoms with Gasteiger partial charge in [-0.2, -0.15) is 5.10 Å². The van der Waals surface area contributed by atoms with Crippen LogP contribution in [0.15, 0.2) is 41.7 Å². The number of guanidine groups is 1. The van der Waals surface area contributed by atoms with E-state index in [9.17, 15) is 4.79 Å². The molecule has 1 amide bonds. The standard InChI is InChI=1S/C19H26N6O/c1-4-20-19(21-11-16-7-5-6-15(2)10-16)24-8-9-25(18(26)14-24)17-12-22-23(3)13-17/h5-7,10,12-13H,4,8-9,11,14H2,1-3H3,(H,20,21). The number of aromatic nitrogens is 2. The van der Waals surface area contributed by atoms with Crippen molar-refractivity contribution in [2.24, 2.45) is 12.0 Å². The second kappa shape index (κ2) is 8.03. The largest absolute Gasteiger partial charge is 0.356 e. The van der Waals surface area contributed by atoms with Gasteiger partial charge in [-0.05, 0) is 19.4 Å². The van der Waals surface area contributed by atoms with Crippen LogP contribution in [-0.4, -0.2) is 52.7 Å². The molecule has 0 spiro atoms. The van der Waals surface area contributed by atoms with E-state index in [0.29, 0.717) is 19.6 Å². The third-order valence-electron chi connectivity index (χ3n) is 4.35. The summed E-state index contributed by atoms with van der Waals surface area (Å²) < 4.78 is 1.71. The monoisotopic (exact) mass is 354 g/mol. The molecule has 1 aliphatic rings. The van der Waals surface area contributed by atoms with Gasteiger partial charge in [0.2, 0.25) is 5.91 Å². The molecular weight excluding hydrogens is 328 g/mol. The first-order valence-electron chi connectivity index (χ1n) is 8.94. The molecule has 0 unspecified atom stereocenters. The molecule has 1 aromatic carbocycles. The van der Waals surface area contributed by atoms with E-state index in [0.717, 1.165) is 24.7 Å². The third kappa shape index (κ3) is 4.22. The van der Waals surface area contributed by atoms with Crippen LogP contribution in [0.1, 0.15) is 18.1 Å². The molecule has 3 rings (SSSR count). The van der Waals surface area contributed by atoms with Gasteiger partial charge in [0.1, 0.15) is 6.54 Å². The molecule has 2 heterocycles. The molecule has 1 saturated heterocycles. The van der Waals surface area contributed by atoms with Crippen molar-refractivity contribution in [2.75, 3.05) is 31.1 Å². The van der Waals surface area contributed by atoms with Crippen molar-refractivity contribution in [3.63, 3.8) is 0 Å². The van der Waals surface area contributed by atoms with Gasteiger partial charge in [0, 0.05) is 32.9 Å². The van der Waals surface area contributed by atoms with E-state index >= 15 is 0 Å². The molecule has 7 heteroatoms. The van der Waals surface area contributed by atoms with Crippen LogP contribution in [0.2, 0.25) is 0 Å². The Hall–Kier alpha value is -2.83. The molecule has 0 radical (unpaired) electrons. The van der Waals surface area contributed by atoms with Crippen molar-refractivity contribution in [3.8, 4) is 0 Å².